The van der Waals surface area contributed by atoms with Crippen LogP contribution in [-0.4, -0.2) is 59.6 Å². The number of hydrogen-bond acceptors (Lipinski definition) is 7. The van der Waals surface area contributed by atoms with E-state index in [1.165, 1.54) is 64.2 Å². The minimum Gasteiger partial charge on any atom is -0.462 e. The molecule has 1 saturated carbocycles. The molecule has 7 nitrogen and oxygen atoms in total. The van der Waals surface area contributed by atoms with Crippen LogP contribution < -0.4 is 0 Å². The Labute approximate surface area is 321 Å². The first kappa shape index (κ1) is 47.0. The third-order valence-electron chi connectivity index (χ3n) is 11.6. The summed E-state index contributed by atoms with van der Waals surface area (Å²) in [5.41, 5.74) is -0.466. The first-order valence-electron chi connectivity index (χ1n) is 22.0. The third-order valence-corrected chi connectivity index (χ3v) is 11.6. The van der Waals surface area contributed by atoms with Crippen molar-refractivity contribution >= 4 is 11.9 Å². The Morgan fingerprint density at radius 2 is 0.865 bits per heavy atom. The van der Waals surface area contributed by atoms with E-state index < -0.39 is 0 Å². The number of carbonyl (C=O) groups is 2. The van der Waals surface area contributed by atoms with Gasteiger partial charge in [-0.3, -0.25) is 14.4 Å². The Kier molecular flexibility index (Phi) is 21.4. The molecule has 306 valence electrons. The maximum atomic E-state index is 12.8. The number of unbranched alkanes of at least 4 members (excludes halogenated alkanes) is 15. The number of hydroxylamine groups is 2. The first-order valence-corrected chi connectivity index (χ1v) is 22.0. The van der Waals surface area contributed by atoms with Gasteiger partial charge in [0.2, 0.25) is 0 Å². The molecule has 2 aliphatic rings. The van der Waals surface area contributed by atoms with Crippen molar-refractivity contribution in [3.8, 4) is 0 Å². The van der Waals surface area contributed by atoms with E-state index in [1.54, 1.807) is 0 Å². The van der Waals surface area contributed by atoms with Crippen LogP contribution in [0.5, 0.6) is 0 Å². The molecule has 7 heteroatoms. The van der Waals surface area contributed by atoms with E-state index in [4.69, 9.17) is 19.0 Å². The van der Waals surface area contributed by atoms with Crippen LogP contribution in [0.2, 0.25) is 0 Å². The zero-order valence-electron chi connectivity index (χ0n) is 36.0. The third kappa shape index (κ3) is 17.5. The molecule has 0 unspecified atom stereocenters. The van der Waals surface area contributed by atoms with Crippen molar-refractivity contribution in [1.82, 2.24) is 5.06 Å². The van der Waals surface area contributed by atoms with Gasteiger partial charge < -0.3 is 14.2 Å². The Hall–Kier alpha value is -1.18. The van der Waals surface area contributed by atoms with Gasteiger partial charge in [0.15, 0.2) is 0 Å². The second kappa shape index (κ2) is 23.7. The molecule has 1 aliphatic carbocycles. The van der Waals surface area contributed by atoms with E-state index in [9.17, 15) is 9.59 Å². The highest BCUT2D eigenvalue weighted by Crippen LogP contribution is 2.49. The van der Waals surface area contributed by atoms with Crippen LogP contribution in [0.25, 0.3) is 0 Å². The molecule has 0 atom stereocenters. The van der Waals surface area contributed by atoms with Crippen molar-refractivity contribution < 1.29 is 28.6 Å². The van der Waals surface area contributed by atoms with Crippen LogP contribution in [-0.2, 0) is 28.6 Å². The van der Waals surface area contributed by atoms with Crippen LogP contribution in [0, 0.1) is 10.8 Å². The van der Waals surface area contributed by atoms with Gasteiger partial charge in [0, 0.05) is 43.4 Å². The molecular weight excluding hydrogens is 650 g/mol. The normalized spacial score (nSPS) is 22.7. The molecule has 0 aromatic rings. The molecule has 1 saturated heterocycles. The van der Waals surface area contributed by atoms with Crippen LogP contribution in [0.15, 0.2) is 0 Å². The van der Waals surface area contributed by atoms with Crippen LogP contribution in [0.4, 0.5) is 0 Å². The van der Waals surface area contributed by atoms with Gasteiger partial charge in [-0.1, -0.05) is 131 Å². The number of piperidine rings is 1. The lowest BCUT2D eigenvalue weighted by molar-refractivity contribution is -0.293. The Balaban J connectivity index is 1.57. The molecule has 1 aliphatic heterocycles. The lowest BCUT2D eigenvalue weighted by Gasteiger charge is -2.53. The SMILES string of the molecule is CCCCCCCCOC1C(C)(C)CC(OC(=O)CCCCCCCCC(=O)OC2CC(C)(C)N(OCCCCCCCC)C(C)(C)C2)CC1(C)C. The fourth-order valence-corrected chi connectivity index (χ4v) is 9.51. The summed E-state index contributed by atoms with van der Waals surface area (Å²) in [4.78, 5) is 31.9. The highest BCUT2D eigenvalue weighted by Gasteiger charge is 2.50. The Morgan fingerprint density at radius 3 is 1.31 bits per heavy atom. The van der Waals surface area contributed by atoms with Crippen molar-refractivity contribution in [3.05, 3.63) is 0 Å². The van der Waals surface area contributed by atoms with E-state index in [0.717, 1.165) is 90.3 Å². The smallest absolute Gasteiger partial charge is 0.306 e. The molecule has 0 amide bonds. The number of ether oxygens (including phenoxy) is 3. The zero-order chi connectivity index (χ0) is 38.7. The molecule has 0 N–H and O–H groups in total. The lowest BCUT2D eigenvalue weighted by Crippen LogP contribution is -2.62. The van der Waals surface area contributed by atoms with Gasteiger partial charge in [-0.05, 0) is 77.0 Å². The quantitative estimate of drug-likeness (QED) is 0.0614. The van der Waals surface area contributed by atoms with Gasteiger partial charge in [-0.2, -0.15) is 5.06 Å². The van der Waals surface area contributed by atoms with E-state index in [-0.39, 0.29) is 52.2 Å². The molecule has 0 spiro atoms. The summed E-state index contributed by atoms with van der Waals surface area (Å²) in [5, 5.41) is 2.18. The summed E-state index contributed by atoms with van der Waals surface area (Å²) in [6.07, 6.45) is 25.3. The molecule has 52 heavy (non-hydrogen) atoms. The average Bonchev–Trinajstić information content (AvgIpc) is 3.02. The predicted molar refractivity (Wildman–Crippen MR) is 215 cm³/mol. The lowest BCUT2D eigenvalue weighted by atomic mass is 9.61. The van der Waals surface area contributed by atoms with Crippen LogP contribution in [0.1, 0.15) is 223 Å². The van der Waals surface area contributed by atoms with Crippen molar-refractivity contribution in [3.63, 3.8) is 0 Å². The van der Waals surface area contributed by atoms with Crippen molar-refractivity contribution in [1.29, 1.82) is 0 Å². The van der Waals surface area contributed by atoms with Crippen molar-refractivity contribution in [2.24, 2.45) is 10.8 Å². The maximum absolute atomic E-state index is 12.8. The number of hydrogen-bond donors (Lipinski definition) is 0. The predicted octanol–water partition coefficient (Wildman–Crippen LogP) is 12.5. The largest absolute Gasteiger partial charge is 0.462 e. The molecule has 2 fully saturated rings. The van der Waals surface area contributed by atoms with E-state index >= 15 is 0 Å². The van der Waals surface area contributed by atoms with E-state index in [2.05, 4.69) is 74.3 Å². The van der Waals surface area contributed by atoms with E-state index in [1.807, 2.05) is 0 Å². The van der Waals surface area contributed by atoms with Gasteiger partial charge in [0.1, 0.15) is 12.2 Å². The molecule has 0 aromatic heterocycles. The topological polar surface area (TPSA) is 74.3 Å². The summed E-state index contributed by atoms with van der Waals surface area (Å²) >= 11 is 0. The molecule has 0 radical (unpaired) electrons. The highest BCUT2D eigenvalue weighted by molar-refractivity contribution is 5.69. The van der Waals surface area contributed by atoms with Gasteiger partial charge in [0.25, 0.3) is 0 Å². The van der Waals surface area contributed by atoms with Gasteiger partial charge in [-0.25, -0.2) is 0 Å². The van der Waals surface area contributed by atoms with Gasteiger partial charge >= 0.3 is 11.9 Å². The molecule has 0 aromatic carbocycles. The summed E-state index contributed by atoms with van der Waals surface area (Å²) < 4.78 is 18.6. The number of nitrogens with zero attached hydrogens (tertiary/aromatic N) is 1. The van der Waals surface area contributed by atoms with Gasteiger partial charge in [-0.15, -0.1) is 0 Å². The molecule has 2 rings (SSSR count). The second-order valence-corrected chi connectivity index (χ2v) is 19.2. The van der Waals surface area contributed by atoms with Crippen LogP contribution in [0.3, 0.4) is 0 Å². The number of carbonyl (C=O) groups excluding carboxylic acids is 2. The minimum atomic E-state index is -0.199. The number of esters is 2. The summed E-state index contributed by atoms with van der Waals surface area (Å²) in [6.45, 7) is 24.0. The van der Waals surface area contributed by atoms with Crippen LogP contribution >= 0.6 is 0 Å². The van der Waals surface area contributed by atoms with E-state index in [0.29, 0.717) is 12.8 Å². The first-order chi connectivity index (χ1) is 24.5. The van der Waals surface area contributed by atoms with Crippen molar-refractivity contribution in [2.45, 2.75) is 253 Å². The average molecular weight is 736 g/mol. The molecule has 1 heterocycles. The zero-order valence-corrected chi connectivity index (χ0v) is 36.0. The Morgan fingerprint density at radius 1 is 0.500 bits per heavy atom. The Bertz CT molecular complexity index is 876. The second-order valence-electron chi connectivity index (χ2n) is 19.2. The fourth-order valence-electron chi connectivity index (χ4n) is 9.51. The number of rotatable bonds is 27. The monoisotopic (exact) mass is 736 g/mol. The highest BCUT2D eigenvalue weighted by atomic mass is 16.7. The summed E-state index contributed by atoms with van der Waals surface area (Å²) in [5.74, 6) is -0.141. The van der Waals surface area contributed by atoms with Gasteiger partial charge in [0.05, 0.1) is 12.7 Å². The molecule has 0 bridgehead atoms. The summed E-state index contributed by atoms with van der Waals surface area (Å²) in [6, 6.07) is 0. The minimum absolute atomic E-state index is 0.0340. The maximum Gasteiger partial charge on any atom is 0.306 e. The van der Waals surface area contributed by atoms with Crippen molar-refractivity contribution in [2.75, 3.05) is 13.2 Å². The standard InChI is InChI=1S/C45H85NO6/c1-11-13-15-17-23-27-31-49-41-42(3,4)33-37(34-43(41,5)6)51-39(47)29-25-21-19-20-22-26-30-40(48)52-38-35-44(7,8)46(45(9,10)36-38)50-32-28-24-18-16-14-12-2/h37-38,41H,11-36H2,1-10H3. The summed E-state index contributed by atoms with van der Waals surface area (Å²) in [7, 11) is 0. The molecular formula is C45H85NO6. The fraction of sp³-hybridized carbons (Fsp3) is 0.956.